The minimum atomic E-state index is -0.521. The van der Waals surface area contributed by atoms with Gasteiger partial charge < -0.3 is 15.2 Å². The molecule has 0 spiro atoms. The summed E-state index contributed by atoms with van der Waals surface area (Å²) >= 11 is 0. The lowest BCUT2D eigenvalue weighted by Gasteiger charge is -2.12. The number of ether oxygens (including phenoxy) is 1. The highest BCUT2D eigenvalue weighted by atomic mass is 16.5. The Kier molecular flexibility index (Phi) is 6.29. The molecule has 0 saturated carbocycles. The van der Waals surface area contributed by atoms with Crippen LogP contribution in [0.2, 0.25) is 0 Å². The minimum Gasteiger partial charge on any atom is -0.491 e. The summed E-state index contributed by atoms with van der Waals surface area (Å²) in [5.41, 5.74) is 0.613. The summed E-state index contributed by atoms with van der Waals surface area (Å²) in [7, 11) is 0. The van der Waals surface area contributed by atoms with Crippen LogP contribution in [0.3, 0.4) is 0 Å². The molecular formula is C13H19NO3. The van der Waals surface area contributed by atoms with Crippen molar-refractivity contribution in [2.75, 3.05) is 19.7 Å². The quantitative estimate of drug-likeness (QED) is 0.527. The van der Waals surface area contributed by atoms with Gasteiger partial charge in [-0.25, -0.2) is 0 Å². The number of nitrogens with one attached hydrogen (secondary N) is 1. The van der Waals surface area contributed by atoms with E-state index < -0.39 is 6.10 Å². The van der Waals surface area contributed by atoms with Crippen LogP contribution >= 0.6 is 0 Å². The average molecular weight is 237 g/mol. The Balaban J connectivity index is 2.26. The van der Waals surface area contributed by atoms with Gasteiger partial charge in [-0.05, 0) is 37.2 Å². The first kappa shape index (κ1) is 13.7. The molecule has 1 aromatic carbocycles. The molecule has 1 unspecified atom stereocenters. The molecule has 0 radical (unpaired) electrons. The standard InChI is InChI=1S/C13H19NO3/c1-2-7-14-8-12(16)10-17-13-5-3-11(9-15)4-6-13/h3-6,9,12,14,16H,2,7-8,10H2,1H3. The molecule has 0 fully saturated rings. The van der Waals surface area contributed by atoms with Gasteiger partial charge in [0.2, 0.25) is 0 Å². The Hall–Kier alpha value is -1.39. The molecule has 4 heteroatoms. The second-order valence-electron chi connectivity index (χ2n) is 3.86. The smallest absolute Gasteiger partial charge is 0.150 e. The molecule has 0 aliphatic heterocycles. The molecule has 1 aromatic rings. The van der Waals surface area contributed by atoms with Crippen LogP contribution in [0.25, 0.3) is 0 Å². The number of hydrogen-bond acceptors (Lipinski definition) is 4. The van der Waals surface area contributed by atoms with E-state index in [1.54, 1.807) is 24.3 Å². The Morgan fingerprint density at radius 1 is 1.41 bits per heavy atom. The van der Waals surface area contributed by atoms with E-state index >= 15 is 0 Å². The summed E-state index contributed by atoms with van der Waals surface area (Å²) in [6, 6.07) is 6.81. The predicted octanol–water partition coefficient (Wildman–Crippen LogP) is 1.24. The SMILES string of the molecule is CCCNCC(O)COc1ccc(C=O)cc1. The third kappa shape index (κ3) is 5.47. The number of benzene rings is 1. The monoisotopic (exact) mass is 237 g/mol. The minimum absolute atomic E-state index is 0.247. The van der Waals surface area contributed by atoms with E-state index in [4.69, 9.17) is 4.74 Å². The first-order valence-electron chi connectivity index (χ1n) is 5.83. The lowest BCUT2D eigenvalue weighted by molar-refractivity contribution is 0.106. The van der Waals surface area contributed by atoms with Crippen LogP contribution in [0.15, 0.2) is 24.3 Å². The Bertz CT molecular complexity index is 324. The van der Waals surface area contributed by atoms with Gasteiger partial charge in [-0.15, -0.1) is 0 Å². The number of aliphatic hydroxyl groups excluding tert-OH is 1. The maximum Gasteiger partial charge on any atom is 0.150 e. The predicted molar refractivity (Wildman–Crippen MR) is 66.5 cm³/mol. The van der Waals surface area contributed by atoms with Crippen LogP contribution in [0.5, 0.6) is 5.75 Å². The van der Waals surface area contributed by atoms with Gasteiger partial charge >= 0.3 is 0 Å². The average Bonchev–Trinajstić information content (AvgIpc) is 2.37. The summed E-state index contributed by atoms with van der Waals surface area (Å²) < 4.78 is 5.39. The van der Waals surface area contributed by atoms with Crippen molar-refractivity contribution in [1.82, 2.24) is 5.32 Å². The van der Waals surface area contributed by atoms with Crippen LogP contribution in [0.1, 0.15) is 23.7 Å². The zero-order chi connectivity index (χ0) is 12.5. The molecule has 17 heavy (non-hydrogen) atoms. The van der Waals surface area contributed by atoms with Crippen molar-refractivity contribution in [1.29, 1.82) is 0 Å². The van der Waals surface area contributed by atoms with Gasteiger partial charge in [-0.1, -0.05) is 6.92 Å². The Labute approximate surface area is 102 Å². The molecule has 4 nitrogen and oxygen atoms in total. The highest BCUT2D eigenvalue weighted by Crippen LogP contribution is 2.11. The number of carbonyl (C=O) groups is 1. The fraction of sp³-hybridized carbons (Fsp3) is 0.462. The molecule has 94 valence electrons. The zero-order valence-corrected chi connectivity index (χ0v) is 10.1. The summed E-state index contributed by atoms with van der Waals surface area (Å²) in [5.74, 6) is 0.658. The van der Waals surface area contributed by atoms with Gasteiger partial charge in [-0.2, -0.15) is 0 Å². The maximum absolute atomic E-state index is 10.4. The van der Waals surface area contributed by atoms with E-state index in [2.05, 4.69) is 12.2 Å². The van der Waals surface area contributed by atoms with Gasteiger partial charge in [0.15, 0.2) is 0 Å². The number of aldehydes is 1. The van der Waals surface area contributed by atoms with Crippen molar-refractivity contribution in [3.8, 4) is 5.75 Å². The van der Waals surface area contributed by atoms with Crippen molar-refractivity contribution in [2.24, 2.45) is 0 Å². The second-order valence-corrected chi connectivity index (χ2v) is 3.86. The molecule has 0 saturated heterocycles. The van der Waals surface area contributed by atoms with Crippen LogP contribution in [-0.2, 0) is 0 Å². The van der Waals surface area contributed by atoms with Crippen molar-refractivity contribution in [3.63, 3.8) is 0 Å². The third-order valence-corrected chi connectivity index (χ3v) is 2.27. The fourth-order valence-corrected chi connectivity index (χ4v) is 1.34. The summed E-state index contributed by atoms with van der Waals surface area (Å²) in [4.78, 5) is 10.4. The Morgan fingerprint density at radius 2 is 2.12 bits per heavy atom. The third-order valence-electron chi connectivity index (χ3n) is 2.27. The lowest BCUT2D eigenvalue weighted by Crippen LogP contribution is -2.31. The summed E-state index contributed by atoms with van der Waals surface area (Å²) in [6.45, 7) is 3.74. The molecule has 0 aliphatic rings. The van der Waals surface area contributed by atoms with Gasteiger partial charge in [0, 0.05) is 12.1 Å². The summed E-state index contributed by atoms with van der Waals surface area (Å²) in [5, 5.41) is 12.7. The van der Waals surface area contributed by atoms with Crippen LogP contribution < -0.4 is 10.1 Å². The van der Waals surface area contributed by atoms with E-state index in [1.807, 2.05) is 0 Å². The molecule has 0 amide bonds. The highest BCUT2D eigenvalue weighted by Gasteiger charge is 2.04. The van der Waals surface area contributed by atoms with E-state index in [9.17, 15) is 9.90 Å². The van der Waals surface area contributed by atoms with Crippen molar-refractivity contribution < 1.29 is 14.6 Å². The Morgan fingerprint density at radius 3 is 2.71 bits per heavy atom. The maximum atomic E-state index is 10.4. The van der Waals surface area contributed by atoms with Crippen LogP contribution in [0.4, 0.5) is 0 Å². The number of aliphatic hydroxyl groups is 1. The van der Waals surface area contributed by atoms with Crippen LogP contribution in [-0.4, -0.2) is 37.2 Å². The molecule has 0 aromatic heterocycles. The van der Waals surface area contributed by atoms with E-state index in [0.29, 0.717) is 17.9 Å². The summed E-state index contributed by atoms with van der Waals surface area (Å²) in [6.07, 6.45) is 1.31. The van der Waals surface area contributed by atoms with Crippen molar-refractivity contribution in [2.45, 2.75) is 19.4 Å². The first-order chi connectivity index (χ1) is 8.26. The van der Waals surface area contributed by atoms with E-state index in [-0.39, 0.29) is 6.61 Å². The van der Waals surface area contributed by atoms with Gasteiger partial charge in [0.05, 0.1) is 0 Å². The largest absolute Gasteiger partial charge is 0.491 e. The molecule has 0 bridgehead atoms. The lowest BCUT2D eigenvalue weighted by atomic mass is 10.2. The second kappa shape index (κ2) is 7.81. The topological polar surface area (TPSA) is 58.6 Å². The molecule has 2 N–H and O–H groups in total. The van der Waals surface area contributed by atoms with E-state index in [1.165, 1.54) is 0 Å². The number of carbonyl (C=O) groups excluding carboxylic acids is 1. The molecule has 0 heterocycles. The molecular weight excluding hydrogens is 218 g/mol. The molecule has 1 atom stereocenters. The number of rotatable bonds is 8. The first-order valence-corrected chi connectivity index (χ1v) is 5.83. The normalized spacial score (nSPS) is 12.1. The number of hydrogen-bond donors (Lipinski definition) is 2. The van der Waals surface area contributed by atoms with Gasteiger partial charge in [0.1, 0.15) is 24.7 Å². The zero-order valence-electron chi connectivity index (χ0n) is 10.1. The van der Waals surface area contributed by atoms with Crippen LogP contribution in [0, 0.1) is 0 Å². The van der Waals surface area contributed by atoms with Gasteiger partial charge in [-0.3, -0.25) is 4.79 Å². The van der Waals surface area contributed by atoms with Crippen molar-refractivity contribution in [3.05, 3.63) is 29.8 Å². The highest BCUT2D eigenvalue weighted by molar-refractivity contribution is 5.74. The van der Waals surface area contributed by atoms with Gasteiger partial charge in [0.25, 0.3) is 0 Å². The fourth-order valence-electron chi connectivity index (χ4n) is 1.34. The molecule has 0 aliphatic carbocycles. The van der Waals surface area contributed by atoms with E-state index in [0.717, 1.165) is 19.3 Å². The van der Waals surface area contributed by atoms with Crippen molar-refractivity contribution >= 4 is 6.29 Å². The molecule has 1 rings (SSSR count).